The molecule has 1 aliphatic heterocycles. The quantitative estimate of drug-likeness (QED) is 0.0830. The lowest BCUT2D eigenvalue weighted by molar-refractivity contribution is -0.255. The van der Waals surface area contributed by atoms with Crippen molar-refractivity contribution in [1.29, 1.82) is 0 Å². The number of amides is 1. The van der Waals surface area contributed by atoms with Crippen molar-refractivity contribution in [3.63, 3.8) is 0 Å². The van der Waals surface area contributed by atoms with Crippen molar-refractivity contribution >= 4 is 11.6 Å². The molecule has 3 aliphatic carbocycles. The smallest absolute Gasteiger partial charge is 0.239 e. The molecule has 4 aliphatic rings. The molecule has 2 fully saturated rings. The highest BCUT2D eigenvalue weighted by atomic mass is 19.1. The van der Waals surface area contributed by atoms with E-state index < -0.39 is 23.3 Å². The lowest BCUT2D eigenvalue weighted by Gasteiger charge is -2.59. The van der Waals surface area contributed by atoms with Crippen molar-refractivity contribution in [2.45, 2.75) is 134 Å². The van der Waals surface area contributed by atoms with Gasteiger partial charge in [0.15, 0.2) is 0 Å². The van der Waals surface area contributed by atoms with Crippen LogP contribution >= 0.6 is 0 Å². The van der Waals surface area contributed by atoms with Crippen LogP contribution in [0.4, 0.5) is 4.39 Å². The van der Waals surface area contributed by atoms with Crippen LogP contribution < -0.4 is 9.47 Å². The molecule has 0 bridgehead atoms. The van der Waals surface area contributed by atoms with Crippen LogP contribution in [0.2, 0.25) is 0 Å². The fourth-order valence-electron chi connectivity index (χ4n) is 9.76. The Labute approximate surface area is 339 Å². The predicted octanol–water partition coefficient (Wildman–Crippen LogP) is 9.27. The van der Waals surface area contributed by atoms with E-state index in [4.69, 9.17) is 24.2 Å². The fourth-order valence-corrected chi connectivity index (χ4v) is 9.76. The summed E-state index contributed by atoms with van der Waals surface area (Å²) < 4.78 is 35.3. The fraction of sp³-hybridized carbons (Fsp3) is 0.617. The number of carbonyl (C=O) groups excluding carboxylic acids is 1. The van der Waals surface area contributed by atoms with Gasteiger partial charge in [0.05, 0.1) is 18.2 Å². The van der Waals surface area contributed by atoms with Crippen molar-refractivity contribution in [2.24, 2.45) is 28.8 Å². The highest BCUT2D eigenvalue weighted by molar-refractivity contribution is 6.03. The summed E-state index contributed by atoms with van der Waals surface area (Å²) in [7, 11) is 1.88. The number of rotatable bonds is 19. The average Bonchev–Trinajstić information content (AvgIpc) is 3.72. The SMILES string of the molecule is C=CCO[C@@]12Oc3ccc(OCc4ccccc4F)cc3[C@H]3[C@H](CCCCO)[C@@H](CCCCO)C=C(C(=NOC(C)(C)C)C[C@@H]1N(C)C(=O)CCC1CCCC1)[C@H]32. The van der Waals surface area contributed by atoms with Crippen molar-refractivity contribution in [1.82, 2.24) is 4.90 Å². The number of fused-ring (bicyclic) bond motifs is 2. The number of halogens is 1. The number of nitrogens with zero attached hydrogens (tertiary/aromatic N) is 2. The number of hydrogen-bond donors (Lipinski definition) is 2. The van der Waals surface area contributed by atoms with E-state index in [-0.39, 0.29) is 55.9 Å². The first-order valence-electron chi connectivity index (χ1n) is 21.4. The van der Waals surface area contributed by atoms with Gasteiger partial charge in [0, 0.05) is 50.1 Å². The Hall–Kier alpha value is -3.73. The third-order valence-corrected chi connectivity index (χ3v) is 12.5. The summed E-state index contributed by atoms with van der Waals surface area (Å²) in [6.07, 6.45) is 15.3. The molecule has 9 nitrogen and oxygen atoms in total. The molecule has 0 spiro atoms. The molecule has 57 heavy (non-hydrogen) atoms. The minimum atomic E-state index is -1.29. The Morgan fingerprint density at radius 3 is 2.49 bits per heavy atom. The van der Waals surface area contributed by atoms with Crippen LogP contribution in [-0.2, 0) is 21.0 Å². The number of oxime groups is 1. The van der Waals surface area contributed by atoms with E-state index in [0.717, 1.165) is 49.0 Å². The predicted molar refractivity (Wildman–Crippen MR) is 220 cm³/mol. The first-order chi connectivity index (χ1) is 27.5. The van der Waals surface area contributed by atoms with Gasteiger partial charge < -0.3 is 34.2 Å². The largest absolute Gasteiger partial charge is 0.489 e. The van der Waals surface area contributed by atoms with Crippen LogP contribution in [0.25, 0.3) is 0 Å². The molecule has 1 heterocycles. The van der Waals surface area contributed by atoms with Crippen LogP contribution in [0.5, 0.6) is 11.5 Å². The lowest BCUT2D eigenvalue weighted by Crippen LogP contribution is -2.69. The second-order valence-corrected chi connectivity index (χ2v) is 17.6. The van der Waals surface area contributed by atoms with E-state index in [1.807, 2.05) is 50.9 Å². The topological polar surface area (TPSA) is 110 Å². The van der Waals surface area contributed by atoms with E-state index in [2.05, 4.69) is 12.7 Å². The Bertz CT molecular complexity index is 1730. The first kappa shape index (κ1) is 42.9. The summed E-state index contributed by atoms with van der Waals surface area (Å²) in [4.78, 5) is 22.4. The van der Waals surface area contributed by atoms with Gasteiger partial charge in [-0.05, 0) is 100 Å². The molecule has 0 saturated heterocycles. The number of ether oxygens (including phenoxy) is 3. The molecular formula is C47H65FN2O7. The molecule has 2 aromatic carbocycles. The number of aliphatic hydroxyl groups excluding tert-OH is 2. The number of allylic oxidation sites excluding steroid dienone is 1. The van der Waals surface area contributed by atoms with Gasteiger partial charge in [-0.1, -0.05) is 74.0 Å². The van der Waals surface area contributed by atoms with Gasteiger partial charge in [0.1, 0.15) is 35.6 Å². The van der Waals surface area contributed by atoms with Crippen LogP contribution in [0.3, 0.4) is 0 Å². The molecule has 2 aromatic rings. The Morgan fingerprint density at radius 1 is 1.05 bits per heavy atom. The average molecular weight is 789 g/mol. The molecule has 2 N–H and O–H groups in total. The molecule has 0 radical (unpaired) electrons. The molecule has 10 heteroatoms. The molecule has 0 unspecified atom stereocenters. The van der Waals surface area contributed by atoms with Crippen molar-refractivity contribution < 1.29 is 38.4 Å². The van der Waals surface area contributed by atoms with E-state index >= 15 is 0 Å². The molecular weight excluding hydrogens is 724 g/mol. The summed E-state index contributed by atoms with van der Waals surface area (Å²) in [6.45, 7) is 10.4. The summed E-state index contributed by atoms with van der Waals surface area (Å²) in [5.41, 5.74) is 2.64. The maximum absolute atomic E-state index is 14.7. The Kier molecular flexibility index (Phi) is 14.5. The minimum absolute atomic E-state index is 0.0528. The molecule has 6 atom stereocenters. The van der Waals surface area contributed by atoms with E-state index in [1.54, 1.807) is 24.3 Å². The van der Waals surface area contributed by atoms with Crippen molar-refractivity contribution in [2.75, 3.05) is 26.9 Å². The van der Waals surface area contributed by atoms with Gasteiger partial charge in [-0.15, -0.1) is 6.58 Å². The maximum Gasteiger partial charge on any atom is 0.239 e. The van der Waals surface area contributed by atoms with Gasteiger partial charge in [0.2, 0.25) is 11.7 Å². The number of unbranched alkanes of at least 4 members (excludes halogenated alkanes) is 2. The summed E-state index contributed by atoms with van der Waals surface area (Å²) >= 11 is 0. The zero-order valence-electron chi connectivity index (χ0n) is 34.6. The maximum atomic E-state index is 14.7. The Balaban J connectivity index is 1.51. The lowest BCUT2D eigenvalue weighted by atomic mass is 9.55. The zero-order chi connectivity index (χ0) is 40.6. The number of hydrogen-bond acceptors (Lipinski definition) is 8. The highest BCUT2D eigenvalue weighted by Gasteiger charge is 2.65. The monoisotopic (exact) mass is 788 g/mol. The molecule has 0 aromatic heterocycles. The van der Waals surface area contributed by atoms with E-state index in [0.29, 0.717) is 48.7 Å². The second kappa shape index (κ2) is 19.3. The second-order valence-electron chi connectivity index (χ2n) is 17.6. The van der Waals surface area contributed by atoms with E-state index in [1.165, 1.54) is 31.7 Å². The van der Waals surface area contributed by atoms with Crippen LogP contribution in [0, 0.1) is 29.5 Å². The third kappa shape index (κ3) is 9.94. The first-order valence-corrected chi connectivity index (χ1v) is 21.4. The van der Waals surface area contributed by atoms with Gasteiger partial charge >= 0.3 is 0 Å². The number of benzene rings is 2. The van der Waals surface area contributed by atoms with Crippen LogP contribution in [0.1, 0.15) is 121 Å². The molecule has 312 valence electrons. The minimum Gasteiger partial charge on any atom is -0.489 e. The van der Waals surface area contributed by atoms with Gasteiger partial charge in [-0.3, -0.25) is 4.79 Å². The summed E-state index contributed by atoms with van der Waals surface area (Å²) in [6, 6.07) is 11.9. The van der Waals surface area contributed by atoms with Crippen LogP contribution in [0.15, 0.2) is 71.9 Å². The van der Waals surface area contributed by atoms with Crippen molar-refractivity contribution in [3.05, 3.63) is 83.7 Å². The van der Waals surface area contributed by atoms with E-state index in [9.17, 15) is 19.4 Å². The molecule has 6 rings (SSSR count). The number of aliphatic hydroxyl groups is 2. The van der Waals surface area contributed by atoms with Crippen molar-refractivity contribution in [3.8, 4) is 11.5 Å². The summed E-state index contributed by atoms with van der Waals surface area (Å²) in [5.74, 6) is -0.101. The standard InChI is InChI=1S/C47H65FN2O7/c1-6-27-55-47-42(50(5)43(53)24-21-32-15-7-8-16-32)30-40(49-57-46(2,3)4)37-28-33(17-11-13-25-51)36(19-12-14-26-52)44(45(37)47)38-29-35(22-23-41(38)56-47)54-31-34-18-9-10-20-39(34)48/h6,9-10,18,20,22-23,28-29,32-33,36,42,44-45,51-52H,1,7-8,11-17,19,21,24-27,30-31H2,2-5H3/t33-,36+,42-,44+,45+,47+/m0/s1. The number of carbonyl (C=O) groups is 1. The highest BCUT2D eigenvalue weighted by Crippen LogP contribution is 2.62. The molecule has 1 amide bonds. The normalized spacial score (nSPS) is 26.3. The zero-order valence-corrected chi connectivity index (χ0v) is 34.6. The third-order valence-electron chi connectivity index (χ3n) is 12.5. The van der Waals surface area contributed by atoms with Gasteiger partial charge in [-0.25, -0.2) is 4.39 Å². The van der Waals surface area contributed by atoms with Crippen LogP contribution in [-0.4, -0.2) is 71.0 Å². The molecule has 2 saturated carbocycles. The van der Waals surface area contributed by atoms with Gasteiger partial charge in [-0.2, -0.15) is 0 Å². The summed E-state index contributed by atoms with van der Waals surface area (Å²) in [5, 5.41) is 24.6. The number of likely N-dealkylation sites (N-methyl/N-ethyl adjacent to an activating group) is 1. The Morgan fingerprint density at radius 2 is 1.79 bits per heavy atom. The van der Waals surface area contributed by atoms with Gasteiger partial charge in [0.25, 0.3) is 0 Å².